The molecule has 0 aromatic heterocycles. The summed E-state index contributed by atoms with van der Waals surface area (Å²) in [6.07, 6.45) is 43.7. The molecule has 7 aliphatic rings. The molecule has 0 bridgehead atoms. The van der Waals surface area contributed by atoms with Crippen LogP contribution in [0.25, 0.3) is 0 Å². The fraction of sp³-hybridized carbons (Fsp3) is 0.575. The van der Waals surface area contributed by atoms with Crippen LogP contribution in [0.5, 0.6) is 0 Å². The first-order valence-corrected chi connectivity index (χ1v) is 20.4. The minimum atomic E-state index is -2.34. The summed E-state index contributed by atoms with van der Waals surface area (Å²) >= 11 is -2.34. The average molecular weight is 695 g/mol. The first-order chi connectivity index (χ1) is 19.4. The number of rotatable bonds is 2. The summed E-state index contributed by atoms with van der Waals surface area (Å²) in [4.78, 5) is 0. The van der Waals surface area contributed by atoms with Crippen molar-refractivity contribution >= 4 is 3.21 Å². The molecule has 7 aliphatic carbocycles. The number of hydrogen-bond acceptors (Lipinski definition) is 0. The van der Waals surface area contributed by atoms with Gasteiger partial charge in [0.05, 0.1) is 0 Å². The average Bonchev–Trinajstić information content (AvgIpc) is 3.55. The van der Waals surface area contributed by atoms with Gasteiger partial charge in [-0.2, -0.15) is 0 Å². The number of halogens is 2. The Morgan fingerprint density at radius 2 is 1.21 bits per heavy atom. The Morgan fingerprint density at radius 1 is 0.651 bits per heavy atom. The molecule has 0 aliphatic heterocycles. The van der Waals surface area contributed by atoms with E-state index in [0.29, 0.717) is 5.92 Å². The Balaban J connectivity index is 0.00000184. The van der Waals surface area contributed by atoms with Crippen molar-refractivity contribution in [2.24, 2.45) is 43.8 Å². The molecule has 0 aromatic carbocycles. The van der Waals surface area contributed by atoms with E-state index in [9.17, 15) is 0 Å². The molecule has 7 rings (SSSR count). The van der Waals surface area contributed by atoms with Crippen LogP contribution >= 0.6 is 0 Å². The van der Waals surface area contributed by atoms with Crippen molar-refractivity contribution in [3.05, 3.63) is 93.9 Å². The van der Waals surface area contributed by atoms with Crippen LogP contribution in [0, 0.1) is 43.8 Å². The van der Waals surface area contributed by atoms with Gasteiger partial charge in [0.2, 0.25) is 0 Å². The fourth-order valence-electron chi connectivity index (χ4n) is 12.8. The summed E-state index contributed by atoms with van der Waals surface area (Å²) in [5.74, 6) is 0.576. The van der Waals surface area contributed by atoms with Gasteiger partial charge >= 0.3 is 260 Å². The topological polar surface area (TPSA) is 0 Å². The van der Waals surface area contributed by atoms with E-state index in [1.165, 1.54) is 38.5 Å². The third-order valence-corrected chi connectivity index (χ3v) is 25.3. The fourth-order valence-corrected chi connectivity index (χ4v) is 24.5. The predicted octanol–water partition coefficient (Wildman–Crippen LogP) is 4.84. The molecule has 0 radical (unpaired) electrons. The summed E-state index contributed by atoms with van der Waals surface area (Å²) in [5.41, 5.74) is 1.83. The van der Waals surface area contributed by atoms with Crippen molar-refractivity contribution < 1.29 is 46.1 Å². The van der Waals surface area contributed by atoms with Crippen molar-refractivity contribution in [1.29, 1.82) is 0 Å². The third-order valence-electron chi connectivity index (χ3n) is 15.8. The van der Waals surface area contributed by atoms with Gasteiger partial charge < -0.3 is 24.8 Å². The van der Waals surface area contributed by atoms with Gasteiger partial charge in [0.1, 0.15) is 0 Å². The molecule has 43 heavy (non-hydrogen) atoms. The maximum Gasteiger partial charge on any atom is -1.00 e. The summed E-state index contributed by atoms with van der Waals surface area (Å²) in [5, 5.41) is 0. The zero-order valence-corrected chi connectivity index (χ0v) is 31.7. The zero-order chi connectivity index (χ0) is 29.1. The Labute approximate surface area is 282 Å². The first kappa shape index (κ1) is 33.6. The summed E-state index contributed by atoms with van der Waals surface area (Å²) in [7, 11) is 0. The van der Waals surface area contributed by atoms with Crippen LogP contribution in [0.4, 0.5) is 0 Å². The summed E-state index contributed by atoms with van der Waals surface area (Å²) in [6.45, 7) is 21.5. The molecule has 3 heteroatoms. The molecule has 9 unspecified atom stereocenters. The normalized spacial score (nSPS) is 48.1. The summed E-state index contributed by atoms with van der Waals surface area (Å²) < 4.78 is 4.67. The van der Waals surface area contributed by atoms with Crippen LogP contribution in [0.3, 0.4) is 0 Å². The molecule has 0 saturated heterocycles. The van der Waals surface area contributed by atoms with E-state index in [4.69, 9.17) is 0 Å². The molecule has 0 heterocycles. The Hall–Kier alpha value is -0.747. The second-order valence-corrected chi connectivity index (χ2v) is 22.8. The van der Waals surface area contributed by atoms with Crippen LogP contribution in [0.2, 0.25) is 3.63 Å². The quantitative estimate of drug-likeness (QED) is 0.389. The molecule has 0 amide bonds. The molecule has 0 N–H and O–H groups in total. The molecular formula is C40H52Cl2Zr. The van der Waals surface area contributed by atoms with E-state index in [-0.39, 0.29) is 62.7 Å². The van der Waals surface area contributed by atoms with Crippen molar-refractivity contribution in [2.45, 2.75) is 97.5 Å². The smallest absolute Gasteiger partial charge is 1.00 e. The minimum absolute atomic E-state index is 0. The Kier molecular flexibility index (Phi) is 8.32. The standard InChI is InChI=1S/C29H37.C6H10.C5H5.2ClH.Zr/c1-21-14-13-15-22-20-27(6)25(4)18-10-9-16-23(25,2)24(3)17-11-12-19-26(24,5)29(27,8)28(21,22)7;1-2-4-6-5-3-1;1-2-4-5-3-1;;;/h9-20,22H,1-8H3;1-5H2;1-3H,4H2;2*1H;/q;;;;;+2/p-2. The monoisotopic (exact) mass is 692 g/mol. The Bertz CT molecular complexity index is 1470. The number of hydrogen-bond donors (Lipinski definition) is 0. The molecular weight excluding hydrogens is 643 g/mol. The van der Waals surface area contributed by atoms with Gasteiger partial charge in [-0.25, -0.2) is 0 Å². The second-order valence-electron chi connectivity index (χ2n) is 15.9. The molecule has 0 nitrogen and oxygen atoms in total. The van der Waals surface area contributed by atoms with E-state index < -0.39 is 21.3 Å². The largest absolute Gasteiger partial charge is 1.00 e. The SMILES string of the molecule is CC1=CC=CC2[CH]([Zr+2]([C]3=CC=CC3)=[C]3CCCCC3)C3(C)C4(C)C=CC=CC4(C)C4(C)C=CC=CC4(C)C3(C)C12C.[Cl-].[Cl-]. The van der Waals surface area contributed by atoms with Crippen LogP contribution in [-0.2, 0) is 21.3 Å². The Morgan fingerprint density at radius 3 is 1.79 bits per heavy atom. The number of allylic oxidation sites excluding steroid dienone is 16. The van der Waals surface area contributed by atoms with Crippen LogP contribution < -0.4 is 24.8 Å². The van der Waals surface area contributed by atoms with Crippen molar-refractivity contribution in [3.8, 4) is 0 Å². The van der Waals surface area contributed by atoms with E-state index >= 15 is 0 Å². The van der Waals surface area contributed by atoms with Gasteiger partial charge in [-0.3, -0.25) is 0 Å². The third kappa shape index (κ3) is 3.47. The maximum absolute atomic E-state index is 2.84. The molecule has 3 fully saturated rings. The maximum atomic E-state index is 2.84. The van der Waals surface area contributed by atoms with E-state index in [2.05, 4.69) is 144 Å². The summed E-state index contributed by atoms with van der Waals surface area (Å²) in [6, 6.07) is 0. The van der Waals surface area contributed by atoms with Gasteiger partial charge in [0.25, 0.3) is 0 Å². The zero-order valence-electron chi connectivity index (χ0n) is 27.7. The van der Waals surface area contributed by atoms with Crippen LogP contribution in [-0.4, -0.2) is 3.21 Å². The van der Waals surface area contributed by atoms with E-state index in [1.807, 2.05) is 3.28 Å². The van der Waals surface area contributed by atoms with Gasteiger partial charge in [0, 0.05) is 0 Å². The van der Waals surface area contributed by atoms with E-state index in [1.54, 1.807) is 5.57 Å². The molecule has 3 saturated carbocycles. The van der Waals surface area contributed by atoms with Crippen LogP contribution in [0.15, 0.2) is 93.9 Å². The predicted molar refractivity (Wildman–Crippen MR) is 173 cm³/mol. The van der Waals surface area contributed by atoms with Crippen molar-refractivity contribution in [2.75, 3.05) is 0 Å². The van der Waals surface area contributed by atoms with Gasteiger partial charge in [-0.15, -0.1) is 0 Å². The number of fused-ring (bicyclic) bond motifs is 8. The molecule has 9 atom stereocenters. The van der Waals surface area contributed by atoms with Crippen LogP contribution in [0.1, 0.15) is 93.9 Å². The molecule has 230 valence electrons. The first-order valence-electron chi connectivity index (χ1n) is 16.6. The van der Waals surface area contributed by atoms with E-state index in [0.717, 1.165) is 3.63 Å². The second kappa shape index (κ2) is 10.6. The van der Waals surface area contributed by atoms with Gasteiger partial charge in [-0.05, 0) is 0 Å². The molecule has 0 aromatic rings. The van der Waals surface area contributed by atoms with Crippen molar-refractivity contribution in [1.82, 2.24) is 0 Å². The van der Waals surface area contributed by atoms with Gasteiger partial charge in [-0.1, -0.05) is 0 Å². The van der Waals surface area contributed by atoms with Gasteiger partial charge in [0.15, 0.2) is 0 Å². The van der Waals surface area contributed by atoms with Crippen molar-refractivity contribution in [3.63, 3.8) is 0 Å². The molecule has 0 spiro atoms. The minimum Gasteiger partial charge on any atom is -1.00 e.